The van der Waals surface area contributed by atoms with Crippen LogP contribution in [0.4, 0.5) is 10.1 Å². The second-order valence-corrected chi connectivity index (χ2v) is 7.63. The van der Waals surface area contributed by atoms with Gasteiger partial charge in [-0.2, -0.15) is 0 Å². The van der Waals surface area contributed by atoms with Crippen molar-refractivity contribution in [1.29, 1.82) is 0 Å². The Hall–Kier alpha value is -1.30. The molecule has 0 saturated heterocycles. The molecule has 2 unspecified atom stereocenters. The van der Waals surface area contributed by atoms with Crippen LogP contribution in [0.2, 0.25) is 0 Å². The average molecular weight is 301 g/mol. The zero-order chi connectivity index (χ0) is 14.8. The molecule has 6 heteroatoms. The van der Waals surface area contributed by atoms with Crippen LogP contribution in [0.5, 0.6) is 5.75 Å². The van der Waals surface area contributed by atoms with Gasteiger partial charge >= 0.3 is 0 Å². The third kappa shape index (κ3) is 3.62. The molecule has 1 aliphatic rings. The zero-order valence-electron chi connectivity index (χ0n) is 11.7. The molecule has 0 spiro atoms. The van der Waals surface area contributed by atoms with Gasteiger partial charge in [0.05, 0.1) is 12.4 Å². The van der Waals surface area contributed by atoms with Crippen LogP contribution in [-0.4, -0.2) is 33.1 Å². The standard InChI is InChI=1S/C14H20FNO3S/c1-19-14-7-6-11(9-13(14)15)16-10-4-3-5-12(8-10)20(2,17)18/h6-7,9-10,12,16H,3-5,8H2,1-2H3. The van der Waals surface area contributed by atoms with Crippen molar-refractivity contribution in [3.63, 3.8) is 0 Å². The molecular weight excluding hydrogens is 281 g/mol. The number of nitrogens with one attached hydrogen (secondary N) is 1. The van der Waals surface area contributed by atoms with E-state index in [1.165, 1.54) is 19.4 Å². The fourth-order valence-corrected chi connectivity index (χ4v) is 3.83. The van der Waals surface area contributed by atoms with Crippen LogP contribution in [0.15, 0.2) is 18.2 Å². The third-order valence-electron chi connectivity index (χ3n) is 3.75. The Labute approximate surface area is 119 Å². The molecule has 20 heavy (non-hydrogen) atoms. The number of anilines is 1. The first-order chi connectivity index (χ1) is 9.40. The molecule has 0 bridgehead atoms. The summed E-state index contributed by atoms with van der Waals surface area (Å²) in [4.78, 5) is 0. The van der Waals surface area contributed by atoms with Crippen molar-refractivity contribution in [3.8, 4) is 5.75 Å². The van der Waals surface area contributed by atoms with Gasteiger partial charge in [-0.05, 0) is 31.4 Å². The van der Waals surface area contributed by atoms with Crippen LogP contribution < -0.4 is 10.1 Å². The Morgan fingerprint density at radius 3 is 2.70 bits per heavy atom. The number of benzene rings is 1. The minimum absolute atomic E-state index is 0.0660. The molecule has 1 N–H and O–H groups in total. The number of sulfone groups is 1. The lowest BCUT2D eigenvalue weighted by molar-refractivity contribution is 0.386. The Kier molecular flexibility index (Phi) is 4.52. The first-order valence-electron chi connectivity index (χ1n) is 6.69. The van der Waals surface area contributed by atoms with Crippen LogP contribution in [0.1, 0.15) is 25.7 Å². The van der Waals surface area contributed by atoms with E-state index >= 15 is 0 Å². The lowest BCUT2D eigenvalue weighted by Gasteiger charge is -2.29. The molecule has 0 heterocycles. The van der Waals surface area contributed by atoms with Gasteiger partial charge in [0.2, 0.25) is 0 Å². The highest BCUT2D eigenvalue weighted by molar-refractivity contribution is 7.91. The van der Waals surface area contributed by atoms with Gasteiger partial charge in [0.15, 0.2) is 11.6 Å². The molecule has 1 fully saturated rings. The van der Waals surface area contributed by atoms with Crippen LogP contribution >= 0.6 is 0 Å². The Bertz CT molecular complexity index is 574. The maximum Gasteiger partial charge on any atom is 0.167 e. The first kappa shape index (κ1) is 15.1. The SMILES string of the molecule is COc1ccc(NC2CCCC(S(C)(=O)=O)C2)cc1F. The fraction of sp³-hybridized carbons (Fsp3) is 0.571. The molecule has 1 aromatic rings. The highest BCUT2D eigenvalue weighted by Crippen LogP contribution is 2.28. The molecule has 0 aliphatic heterocycles. The van der Waals surface area contributed by atoms with E-state index in [1.807, 2.05) is 0 Å². The number of rotatable bonds is 4. The maximum atomic E-state index is 13.6. The summed E-state index contributed by atoms with van der Waals surface area (Å²) in [5.41, 5.74) is 0.655. The van der Waals surface area contributed by atoms with E-state index in [0.717, 1.165) is 12.8 Å². The minimum atomic E-state index is -3.00. The normalized spacial score (nSPS) is 23.4. The molecule has 112 valence electrons. The largest absolute Gasteiger partial charge is 0.494 e. The summed E-state index contributed by atoms with van der Waals surface area (Å²) in [6.45, 7) is 0. The van der Waals surface area contributed by atoms with E-state index in [1.54, 1.807) is 12.1 Å². The Balaban J connectivity index is 2.04. The summed E-state index contributed by atoms with van der Waals surface area (Å²) in [5, 5.41) is 2.92. The van der Waals surface area contributed by atoms with Crippen LogP contribution in [-0.2, 0) is 9.84 Å². The van der Waals surface area contributed by atoms with Crippen molar-refractivity contribution in [1.82, 2.24) is 0 Å². The van der Waals surface area contributed by atoms with Crippen LogP contribution in [0.25, 0.3) is 0 Å². The number of ether oxygens (including phenoxy) is 1. The smallest absolute Gasteiger partial charge is 0.167 e. The lowest BCUT2D eigenvalue weighted by Crippen LogP contribution is -2.34. The van der Waals surface area contributed by atoms with E-state index < -0.39 is 15.7 Å². The van der Waals surface area contributed by atoms with Gasteiger partial charge < -0.3 is 10.1 Å². The van der Waals surface area contributed by atoms with E-state index in [-0.39, 0.29) is 17.0 Å². The van der Waals surface area contributed by atoms with Crippen LogP contribution in [0.3, 0.4) is 0 Å². The fourth-order valence-electron chi connectivity index (χ4n) is 2.66. The van der Waals surface area contributed by atoms with Gasteiger partial charge in [-0.1, -0.05) is 6.42 Å². The Morgan fingerprint density at radius 1 is 1.35 bits per heavy atom. The molecule has 4 nitrogen and oxygen atoms in total. The van der Waals surface area contributed by atoms with Gasteiger partial charge in [-0.15, -0.1) is 0 Å². The average Bonchev–Trinajstić information content (AvgIpc) is 2.38. The summed E-state index contributed by atoms with van der Waals surface area (Å²) < 4.78 is 41.7. The highest BCUT2D eigenvalue weighted by atomic mass is 32.2. The van der Waals surface area contributed by atoms with E-state index in [9.17, 15) is 12.8 Å². The summed E-state index contributed by atoms with van der Waals surface area (Å²) in [7, 11) is -1.58. The molecule has 1 aromatic carbocycles. The van der Waals surface area contributed by atoms with Gasteiger partial charge in [-0.3, -0.25) is 0 Å². The predicted octanol–water partition coefficient (Wildman–Crippen LogP) is 2.60. The number of halogens is 1. The topological polar surface area (TPSA) is 55.4 Å². The quantitative estimate of drug-likeness (QED) is 0.929. The van der Waals surface area contributed by atoms with Gasteiger partial charge in [0.1, 0.15) is 9.84 Å². The van der Waals surface area contributed by atoms with Gasteiger partial charge in [0, 0.05) is 24.1 Å². The molecule has 1 saturated carbocycles. The number of hydrogen-bond acceptors (Lipinski definition) is 4. The van der Waals surface area contributed by atoms with Crippen molar-refractivity contribution >= 4 is 15.5 Å². The zero-order valence-corrected chi connectivity index (χ0v) is 12.5. The third-order valence-corrected chi connectivity index (χ3v) is 5.39. The van der Waals surface area contributed by atoms with Crippen molar-refractivity contribution in [2.45, 2.75) is 37.0 Å². The van der Waals surface area contributed by atoms with Crippen molar-refractivity contribution in [2.24, 2.45) is 0 Å². The second kappa shape index (κ2) is 5.99. The second-order valence-electron chi connectivity index (χ2n) is 5.31. The summed E-state index contributed by atoms with van der Waals surface area (Å²) in [5.74, 6) is -0.221. The Morgan fingerprint density at radius 2 is 2.10 bits per heavy atom. The van der Waals surface area contributed by atoms with Crippen molar-refractivity contribution < 1.29 is 17.5 Å². The monoisotopic (exact) mass is 301 g/mol. The number of hydrogen-bond donors (Lipinski definition) is 1. The van der Waals surface area contributed by atoms with E-state index in [2.05, 4.69) is 5.32 Å². The predicted molar refractivity (Wildman–Crippen MR) is 77.5 cm³/mol. The molecule has 0 amide bonds. The molecule has 2 rings (SSSR count). The lowest BCUT2D eigenvalue weighted by atomic mass is 9.95. The molecule has 2 atom stereocenters. The summed E-state index contributed by atoms with van der Waals surface area (Å²) in [6.07, 6.45) is 4.35. The summed E-state index contributed by atoms with van der Waals surface area (Å²) >= 11 is 0. The highest BCUT2D eigenvalue weighted by Gasteiger charge is 2.28. The molecular formula is C14H20FNO3S. The minimum Gasteiger partial charge on any atom is -0.494 e. The first-order valence-corrected chi connectivity index (χ1v) is 8.64. The van der Waals surface area contributed by atoms with Crippen LogP contribution in [0, 0.1) is 5.82 Å². The van der Waals surface area contributed by atoms with Crippen molar-refractivity contribution in [3.05, 3.63) is 24.0 Å². The van der Waals surface area contributed by atoms with Gasteiger partial charge in [0.25, 0.3) is 0 Å². The number of methoxy groups -OCH3 is 1. The van der Waals surface area contributed by atoms with E-state index in [4.69, 9.17) is 4.74 Å². The van der Waals surface area contributed by atoms with Crippen molar-refractivity contribution in [2.75, 3.05) is 18.7 Å². The molecule has 1 aliphatic carbocycles. The van der Waals surface area contributed by atoms with Gasteiger partial charge in [-0.25, -0.2) is 12.8 Å². The van der Waals surface area contributed by atoms with E-state index in [0.29, 0.717) is 18.5 Å². The molecule has 0 aromatic heterocycles. The maximum absolute atomic E-state index is 13.6. The molecule has 0 radical (unpaired) electrons. The summed E-state index contributed by atoms with van der Waals surface area (Å²) in [6, 6.07) is 4.75.